The lowest BCUT2D eigenvalue weighted by Gasteiger charge is -2.14. The van der Waals surface area contributed by atoms with E-state index in [2.05, 4.69) is 0 Å². The molecule has 0 saturated carbocycles. The lowest BCUT2D eigenvalue weighted by molar-refractivity contribution is -0.147. The molecule has 0 atom stereocenters. The van der Waals surface area contributed by atoms with Crippen LogP contribution >= 0.6 is 0 Å². The van der Waals surface area contributed by atoms with E-state index in [0.717, 1.165) is 0 Å². The Kier molecular flexibility index (Phi) is 3.97. The summed E-state index contributed by atoms with van der Waals surface area (Å²) in [7, 11) is 0. The fraction of sp³-hybridized carbons (Fsp3) is 0.200. The maximum atomic E-state index is 12.4. The summed E-state index contributed by atoms with van der Waals surface area (Å²) in [6.45, 7) is 0. The van der Waals surface area contributed by atoms with Crippen molar-refractivity contribution in [1.82, 2.24) is 0 Å². The summed E-state index contributed by atoms with van der Waals surface area (Å²) in [6.07, 6.45) is -10.2. The molecule has 4 nitrogen and oxygen atoms in total. The van der Waals surface area contributed by atoms with Crippen LogP contribution in [0.25, 0.3) is 0 Å². The minimum atomic E-state index is -5.08. The van der Waals surface area contributed by atoms with Crippen molar-refractivity contribution < 1.29 is 41.0 Å². The molecule has 1 rings (SSSR count). The molecular weight excluding hydrogens is 296 g/mol. The zero-order valence-corrected chi connectivity index (χ0v) is 9.26. The Bertz CT molecular complexity index is 517. The first kappa shape index (κ1) is 15.8. The molecule has 20 heavy (non-hydrogen) atoms. The molecule has 0 saturated heterocycles. The SMILES string of the molecule is O=C(O)C(=O)Nc1cc(C(F)(F)F)cc(C(F)(F)F)c1. The summed E-state index contributed by atoms with van der Waals surface area (Å²) >= 11 is 0. The van der Waals surface area contributed by atoms with Crippen molar-refractivity contribution in [3.63, 3.8) is 0 Å². The van der Waals surface area contributed by atoms with Crippen LogP contribution in [0.1, 0.15) is 11.1 Å². The summed E-state index contributed by atoms with van der Waals surface area (Å²) in [5.41, 5.74) is -4.24. The number of alkyl halides is 6. The van der Waals surface area contributed by atoms with E-state index in [0.29, 0.717) is 0 Å². The van der Waals surface area contributed by atoms with Gasteiger partial charge in [0.05, 0.1) is 11.1 Å². The molecule has 0 aliphatic heterocycles. The Morgan fingerprint density at radius 1 is 0.900 bits per heavy atom. The highest BCUT2D eigenvalue weighted by Gasteiger charge is 2.37. The zero-order valence-electron chi connectivity index (χ0n) is 9.26. The molecule has 0 spiro atoms. The average molecular weight is 301 g/mol. The largest absolute Gasteiger partial charge is 0.474 e. The number of anilines is 1. The van der Waals surface area contributed by atoms with E-state index in [9.17, 15) is 35.9 Å². The van der Waals surface area contributed by atoms with Crippen LogP contribution in [0.15, 0.2) is 18.2 Å². The van der Waals surface area contributed by atoms with Crippen LogP contribution < -0.4 is 5.32 Å². The van der Waals surface area contributed by atoms with E-state index >= 15 is 0 Å². The highest BCUT2D eigenvalue weighted by Crippen LogP contribution is 2.37. The zero-order chi connectivity index (χ0) is 15.7. The minimum Gasteiger partial charge on any atom is -0.474 e. The van der Waals surface area contributed by atoms with Crippen molar-refractivity contribution in [3.05, 3.63) is 29.3 Å². The number of amides is 1. The van der Waals surface area contributed by atoms with Gasteiger partial charge in [0.1, 0.15) is 0 Å². The second-order valence-corrected chi connectivity index (χ2v) is 3.55. The van der Waals surface area contributed by atoms with Gasteiger partial charge in [-0.25, -0.2) is 4.79 Å². The molecule has 0 aromatic heterocycles. The highest BCUT2D eigenvalue weighted by molar-refractivity contribution is 6.36. The van der Waals surface area contributed by atoms with Crippen molar-refractivity contribution in [2.75, 3.05) is 5.32 Å². The van der Waals surface area contributed by atoms with Gasteiger partial charge in [0.15, 0.2) is 0 Å². The van der Waals surface area contributed by atoms with Crippen LogP contribution in [-0.2, 0) is 21.9 Å². The number of halogens is 6. The molecule has 1 amide bonds. The number of carboxylic acids is 1. The third kappa shape index (κ3) is 3.87. The lowest BCUT2D eigenvalue weighted by Crippen LogP contribution is -2.22. The van der Waals surface area contributed by atoms with Crippen LogP contribution in [-0.4, -0.2) is 17.0 Å². The van der Waals surface area contributed by atoms with Gasteiger partial charge in [0.2, 0.25) is 0 Å². The molecule has 110 valence electrons. The molecule has 1 aromatic rings. The van der Waals surface area contributed by atoms with Gasteiger partial charge >= 0.3 is 24.2 Å². The number of carbonyl (C=O) groups is 2. The van der Waals surface area contributed by atoms with Gasteiger partial charge in [-0.3, -0.25) is 4.79 Å². The molecule has 0 radical (unpaired) electrons. The van der Waals surface area contributed by atoms with Gasteiger partial charge < -0.3 is 10.4 Å². The van der Waals surface area contributed by atoms with Crippen molar-refractivity contribution >= 4 is 17.6 Å². The van der Waals surface area contributed by atoms with Gasteiger partial charge in [-0.2, -0.15) is 26.3 Å². The quantitative estimate of drug-likeness (QED) is 0.619. The third-order valence-corrected chi connectivity index (χ3v) is 2.04. The first-order valence-electron chi connectivity index (χ1n) is 4.75. The third-order valence-electron chi connectivity index (χ3n) is 2.04. The fourth-order valence-electron chi connectivity index (χ4n) is 1.21. The number of rotatable bonds is 1. The maximum Gasteiger partial charge on any atom is 0.416 e. The van der Waals surface area contributed by atoms with Crippen molar-refractivity contribution in [1.29, 1.82) is 0 Å². The summed E-state index contributed by atoms with van der Waals surface area (Å²) in [4.78, 5) is 21.0. The molecule has 0 aliphatic carbocycles. The predicted octanol–water partition coefficient (Wildman–Crippen LogP) is 2.75. The summed E-state index contributed by atoms with van der Waals surface area (Å²) in [5.74, 6) is -3.80. The highest BCUT2D eigenvalue weighted by atomic mass is 19.4. The summed E-state index contributed by atoms with van der Waals surface area (Å²) in [6, 6.07) is 0.266. The fourth-order valence-corrected chi connectivity index (χ4v) is 1.21. The number of hydrogen-bond donors (Lipinski definition) is 2. The molecule has 10 heteroatoms. The Hall–Kier alpha value is -2.26. The Morgan fingerprint density at radius 3 is 1.60 bits per heavy atom. The molecule has 0 bridgehead atoms. The van der Waals surface area contributed by atoms with Gasteiger partial charge in [-0.1, -0.05) is 0 Å². The molecule has 2 N–H and O–H groups in total. The minimum absolute atomic E-state index is 0.142. The van der Waals surface area contributed by atoms with Gasteiger partial charge in [0.25, 0.3) is 0 Å². The summed E-state index contributed by atoms with van der Waals surface area (Å²) < 4.78 is 74.6. The van der Waals surface area contributed by atoms with Gasteiger partial charge in [0, 0.05) is 5.69 Å². The molecule has 0 fully saturated rings. The number of aliphatic carboxylic acids is 1. The predicted molar refractivity (Wildman–Crippen MR) is 52.7 cm³/mol. The van der Waals surface area contributed by atoms with E-state index in [4.69, 9.17) is 5.11 Å². The van der Waals surface area contributed by atoms with Crippen molar-refractivity contribution in [3.8, 4) is 0 Å². The monoisotopic (exact) mass is 301 g/mol. The Labute approximate surface area is 107 Å². The number of carbonyl (C=O) groups excluding carboxylic acids is 1. The molecular formula is C10H5F6NO3. The molecule has 1 aromatic carbocycles. The average Bonchev–Trinajstić information content (AvgIpc) is 2.26. The number of nitrogens with one attached hydrogen (secondary N) is 1. The lowest BCUT2D eigenvalue weighted by atomic mass is 10.1. The topological polar surface area (TPSA) is 66.4 Å². The second-order valence-electron chi connectivity index (χ2n) is 3.55. The number of carboxylic acid groups (broad SMARTS) is 1. The van der Waals surface area contributed by atoms with E-state index in [-0.39, 0.29) is 18.2 Å². The maximum absolute atomic E-state index is 12.4. The van der Waals surface area contributed by atoms with Crippen LogP contribution in [0, 0.1) is 0 Å². The van der Waals surface area contributed by atoms with E-state index < -0.39 is 41.0 Å². The smallest absolute Gasteiger partial charge is 0.416 e. The Balaban J connectivity index is 3.31. The second kappa shape index (κ2) is 5.02. The van der Waals surface area contributed by atoms with Crippen molar-refractivity contribution in [2.24, 2.45) is 0 Å². The first-order valence-corrected chi connectivity index (χ1v) is 4.75. The van der Waals surface area contributed by atoms with Gasteiger partial charge in [-0.05, 0) is 18.2 Å². The normalized spacial score (nSPS) is 12.1. The standard InChI is InChI=1S/C10H5F6NO3/c11-9(12,13)4-1-5(10(14,15)16)3-6(2-4)17-7(18)8(19)20/h1-3H,(H,17,18)(H,19,20). The first-order chi connectivity index (χ1) is 8.91. The summed E-state index contributed by atoms with van der Waals surface area (Å²) in [5, 5.41) is 9.67. The van der Waals surface area contributed by atoms with Crippen LogP contribution in [0.2, 0.25) is 0 Å². The van der Waals surface area contributed by atoms with E-state index in [1.54, 1.807) is 0 Å². The van der Waals surface area contributed by atoms with Crippen LogP contribution in [0.5, 0.6) is 0 Å². The molecule has 0 unspecified atom stereocenters. The molecule has 0 aliphatic rings. The molecule has 0 heterocycles. The van der Waals surface area contributed by atoms with Gasteiger partial charge in [-0.15, -0.1) is 0 Å². The van der Waals surface area contributed by atoms with Crippen molar-refractivity contribution in [2.45, 2.75) is 12.4 Å². The number of benzene rings is 1. The van der Waals surface area contributed by atoms with E-state index in [1.165, 1.54) is 5.32 Å². The Morgan fingerprint density at radius 2 is 1.30 bits per heavy atom. The van der Waals surface area contributed by atoms with E-state index in [1.807, 2.05) is 0 Å². The number of hydrogen-bond acceptors (Lipinski definition) is 2. The van der Waals surface area contributed by atoms with Crippen LogP contribution in [0.4, 0.5) is 32.0 Å². The van der Waals surface area contributed by atoms with Crippen LogP contribution in [0.3, 0.4) is 0 Å².